The summed E-state index contributed by atoms with van der Waals surface area (Å²) in [6.07, 6.45) is 4.71. The minimum absolute atomic E-state index is 0.179. The molecule has 0 spiro atoms. The number of carbonyl (C=O) groups is 1. The molecule has 0 bridgehead atoms. The lowest BCUT2D eigenvalue weighted by atomic mass is 9.95. The standard InChI is InChI=1S/C18H24N4O3S/c1-14-5-3-7-16(11-14)22(26(2,24)25)13-18(23)21-10-4-6-15(12-21)17-8-9-19-20-17/h3,5,7-9,11,15H,4,6,10,12-13H2,1-2H3,(H,19,20)/t15-/m1/s1. The van der Waals surface area contributed by atoms with Gasteiger partial charge in [0.15, 0.2) is 0 Å². The predicted octanol–water partition coefficient (Wildman–Crippen LogP) is 1.89. The molecule has 1 amide bonds. The average molecular weight is 376 g/mol. The number of sulfonamides is 1. The van der Waals surface area contributed by atoms with Crippen molar-refractivity contribution in [3.8, 4) is 0 Å². The van der Waals surface area contributed by atoms with Crippen molar-refractivity contribution in [1.29, 1.82) is 0 Å². The first kappa shape index (κ1) is 18.4. The van der Waals surface area contributed by atoms with Gasteiger partial charge in [0.25, 0.3) is 0 Å². The van der Waals surface area contributed by atoms with E-state index >= 15 is 0 Å². The highest BCUT2D eigenvalue weighted by Gasteiger charge is 2.29. The fraction of sp³-hybridized carbons (Fsp3) is 0.444. The van der Waals surface area contributed by atoms with E-state index in [2.05, 4.69) is 10.2 Å². The first-order valence-corrected chi connectivity index (χ1v) is 10.5. The first-order chi connectivity index (χ1) is 12.3. The second-order valence-corrected chi connectivity index (χ2v) is 8.71. The summed E-state index contributed by atoms with van der Waals surface area (Å²) in [6, 6.07) is 9.10. The lowest BCUT2D eigenvalue weighted by Gasteiger charge is -2.34. The van der Waals surface area contributed by atoms with Gasteiger partial charge >= 0.3 is 0 Å². The molecule has 0 saturated carbocycles. The van der Waals surface area contributed by atoms with Crippen molar-refractivity contribution in [1.82, 2.24) is 15.1 Å². The van der Waals surface area contributed by atoms with E-state index in [0.29, 0.717) is 18.8 Å². The highest BCUT2D eigenvalue weighted by molar-refractivity contribution is 7.92. The van der Waals surface area contributed by atoms with Crippen molar-refractivity contribution in [3.63, 3.8) is 0 Å². The summed E-state index contributed by atoms with van der Waals surface area (Å²) < 4.78 is 25.7. The summed E-state index contributed by atoms with van der Waals surface area (Å²) in [4.78, 5) is 14.6. The van der Waals surface area contributed by atoms with E-state index in [1.807, 2.05) is 19.1 Å². The van der Waals surface area contributed by atoms with Crippen LogP contribution in [-0.2, 0) is 14.8 Å². The fourth-order valence-electron chi connectivity index (χ4n) is 3.36. The molecule has 2 heterocycles. The van der Waals surface area contributed by atoms with Gasteiger partial charge in [-0.2, -0.15) is 5.10 Å². The van der Waals surface area contributed by atoms with Gasteiger partial charge in [-0.3, -0.25) is 14.2 Å². The van der Waals surface area contributed by atoms with Gasteiger partial charge in [-0.15, -0.1) is 0 Å². The van der Waals surface area contributed by atoms with Crippen molar-refractivity contribution in [2.75, 3.05) is 30.2 Å². The van der Waals surface area contributed by atoms with Gasteiger partial charge in [0, 0.05) is 30.9 Å². The summed E-state index contributed by atoms with van der Waals surface area (Å²) in [5.74, 6) is 0.0296. The number of amides is 1. The molecule has 1 fully saturated rings. The van der Waals surface area contributed by atoms with Gasteiger partial charge in [0.1, 0.15) is 6.54 Å². The normalized spacial score (nSPS) is 17.9. The van der Waals surface area contributed by atoms with E-state index in [0.717, 1.165) is 30.4 Å². The maximum atomic E-state index is 12.8. The van der Waals surface area contributed by atoms with E-state index in [-0.39, 0.29) is 18.4 Å². The Labute approximate surface area is 154 Å². The lowest BCUT2D eigenvalue weighted by Crippen LogP contribution is -2.46. The number of aromatic amines is 1. The van der Waals surface area contributed by atoms with Crippen LogP contribution < -0.4 is 4.31 Å². The first-order valence-electron chi connectivity index (χ1n) is 8.66. The Kier molecular flexibility index (Phi) is 5.31. The molecule has 3 rings (SSSR count). The number of aromatic nitrogens is 2. The third-order valence-corrected chi connectivity index (χ3v) is 5.85. The fourth-order valence-corrected chi connectivity index (χ4v) is 4.20. The number of carbonyl (C=O) groups excluding carboxylic acids is 1. The Morgan fingerprint density at radius 2 is 2.19 bits per heavy atom. The van der Waals surface area contributed by atoms with E-state index in [1.165, 1.54) is 4.31 Å². The highest BCUT2D eigenvalue weighted by atomic mass is 32.2. The summed E-state index contributed by atoms with van der Waals surface area (Å²) in [6.45, 7) is 2.94. The van der Waals surface area contributed by atoms with Crippen LogP contribution in [0.5, 0.6) is 0 Å². The zero-order valence-corrected chi connectivity index (χ0v) is 15.9. The zero-order valence-electron chi connectivity index (χ0n) is 15.1. The summed E-state index contributed by atoms with van der Waals surface area (Å²) in [5, 5.41) is 6.95. The number of nitrogens with zero attached hydrogens (tertiary/aromatic N) is 3. The van der Waals surface area contributed by atoms with Crippen LogP contribution in [-0.4, -0.2) is 55.3 Å². The Bertz CT molecular complexity index is 864. The maximum Gasteiger partial charge on any atom is 0.243 e. The van der Waals surface area contributed by atoms with Gasteiger partial charge in [0.2, 0.25) is 15.9 Å². The van der Waals surface area contributed by atoms with Crippen LogP contribution in [0.25, 0.3) is 0 Å². The number of aryl methyl sites for hydroxylation is 1. The van der Waals surface area contributed by atoms with E-state index < -0.39 is 10.0 Å². The number of nitrogens with one attached hydrogen (secondary N) is 1. The smallest absolute Gasteiger partial charge is 0.243 e. The van der Waals surface area contributed by atoms with Crippen molar-refractivity contribution in [2.24, 2.45) is 0 Å². The minimum atomic E-state index is -3.56. The van der Waals surface area contributed by atoms with Crippen LogP contribution in [0.15, 0.2) is 36.5 Å². The van der Waals surface area contributed by atoms with Crippen LogP contribution in [0.2, 0.25) is 0 Å². The molecule has 1 aromatic carbocycles. The molecule has 140 valence electrons. The molecule has 0 unspecified atom stereocenters. The van der Waals surface area contributed by atoms with Gasteiger partial charge in [0.05, 0.1) is 11.9 Å². The van der Waals surface area contributed by atoms with E-state index in [9.17, 15) is 13.2 Å². The third-order valence-electron chi connectivity index (χ3n) is 4.71. The molecule has 2 aromatic rings. The largest absolute Gasteiger partial charge is 0.340 e. The SMILES string of the molecule is Cc1cccc(N(CC(=O)N2CCC[C@@H](c3ccn[nH]3)C2)S(C)(=O)=O)c1. The minimum Gasteiger partial charge on any atom is -0.340 e. The monoisotopic (exact) mass is 376 g/mol. The average Bonchev–Trinajstić information content (AvgIpc) is 3.13. The highest BCUT2D eigenvalue weighted by Crippen LogP contribution is 2.26. The van der Waals surface area contributed by atoms with Crippen LogP contribution in [0.3, 0.4) is 0 Å². The summed E-state index contributed by atoms with van der Waals surface area (Å²) in [5.41, 5.74) is 2.48. The quantitative estimate of drug-likeness (QED) is 0.863. The number of H-pyrrole nitrogens is 1. The number of hydrogen-bond acceptors (Lipinski definition) is 4. The molecular weight excluding hydrogens is 352 g/mol. The molecule has 1 N–H and O–H groups in total. The van der Waals surface area contributed by atoms with Crippen LogP contribution >= 0.6 is 0 Å². The maximum absolute atomic E-state index is 12.8. The molecule has 1 aromatic heterocycles. The zero-order chi connectivity index (χ0) is 18.7. The lowest BCUT2D eigenvalue weighted by molar-refractivity contribution is -0.130. The van der Waals surface area contributed by atoms with Gasteiger partial charge in [-0.1, -0.05) is 12.1 Å². The molecule has 8 heteroatoms. The van der Waals surface area contributed by atoms with Crippen molar-refractivity contribution in [2.45, 2.75) is 25.7 Å². The second-order valence-electron chi connectivity index (χ2n) is 6.80. The molecule has 1 atom stereocenters. The van der Waals surface area contributed by atoms with Crippen LogP contribution in [0.4, 0.5) is 5.69 Å². The molecular formula is C18H24N4O3S. The Morgan fingerprint density at radius 1 is 1.38 bits per heavy atom. The van der Waals surface area contributed by atoms with Crippen LogP contribution in [0.1, 0.15) is 30.0 Å². The van der Waals surface area contributed by atoms with Crippen LogP contribution in [0, 0.1) is 6.92 Å². The van der Waals surface area contributed by atoms with Gasteiger partial charge < -0.3 is 4.90 Å². The number of piperidine rings is 1. The third kappa shape index (κ3) is 4.24. The number of benzene rings is 1. The number of hydrogen-bond donors (Lipinski definition) is 1. The summed E-state index contributed by atoms with van der Waals surface area (Å²) in [7, 11) is -3.56. The van der Waals surface area contributed by atoms with E-state index in [1.54, 1.807) is 29.3 Å². The Balaban J connectivity index is 1.75. The number of likely N-dealkylation sites (tertiary alicyclic amines) is 1. The van der Waals surface area contributed by atoms with Gasteiger partial charge in [-0.25, -0.2) is 8.42 Å². The Morgan fingerprint density at radius 3 is 2.85 bits per heavy atom. The van der Waals surface area contributed by atoms with Crippen molar-refractivity contribution < 1.29 is 13.2 Å². The molecule has 26 heavy (non-hydrogen) atoms. The summed E-state index contributed by atoms with van der Waals surface area (Å²) >= 11 is 0. The Hall–Kier alpha value is -2.35. The molecule has 1 aliphatic heterocycles. The van der Waals surface area contributed by atoms with Crippen molar-refractivity contribution >= 4 is 21.6 Å². The predicted molar refractivity (Wildman–Crippen MR) is 101 cm³/mol. The molecule has 0 aliphatic carbocycles. The second kappa shape index (κ2) is 7.49. The molecule has 1 aliphatic rings. The van der Waals surface area contributed by atoms with Gasteiger partial charge in [-0.05, 0) is 43.5 Å². The molecule has 0 radical (unpaired) electrons. The van der Waals surface area contributed by atoms with E-state index in [4.69, 9.17) is 0 Å². The number of anilines is 1. The molecule has 7 nitrogen and oxygen atoms in total. The molecule has 1 saturated heterocycles. The number of rotatable bonds is 5. The van der Waals surface area contributed by atoms with Crippen molar-refractivity contribution in [3.05, 3.63) is 47.8 Å². The topological polar surface area (TPSA) is 86.4 Å².